The zero-order valence-corrected chi connectivity index (χ0v) is 17.7. The normalized spacial score (nSPS) is 14.2. The van der Waals surface area contributed by atoms with E-state index in [1.807, 2.05) is 18.2 Å². The van der Waals surface area contributed by atoms with Crippen LogP contribution in [0.3, 0.4) is 0 Å². The number of methoxy groups -OCH3 is 1. The van der Waals surface area contributed by atoms with Crippen LogP contribution >= 0.6 is 0 Å². The highest BCUT2D eigenvalue weighted by Crippen LogP contribution is 2.28. The maximum Gasteiger partial charge on any atom is 0.262 e. The molecule has 0 aliphatic heterocycles. The quantitative estimate of drug-likeness (QED) is 0.704. The van der Waals surface area contributed by atoms with Gasteiger partial charge >= 0.3 is 0 Å². The molecule has 0 unspecified atom stereocenters. The number of benzene rings is 2. The number of hydrogen-bond donors (Lipinski definition) is 1. The maximum atomic E-state index is 12.5. The molecule has 6 heteroatoms. The molecule has 2 aromatic rings. The first-order valence-corrected chi connectivity index (χ1v) is 10.4. The summed E-state index contributed by atoms with van der Waals surface area (Å²) in [4.78, 5) is 14.9. The zero-order valence-electron chi connectivity index (χ0n) is 17.7. The number of hydrogen-bond acceptors (Lipinski definition) is 5. The highest BCUT2D eigenvalue weighted by molar-refractivity contribution is 5.92. The molecular weight excluding hydrogens is 378 g/mol. The molecule has 2 aromatic carbocycles. The Morgan fingerprint density at radius 2 is 1.93 bits per heavy atom. The zero-order chi connectivity index (χ0) is 21.3. The van der Waals surface area contributed by atoms with Gasteiger partial charge in [0.05, 0.1) is 18.7 Å². The van der Waals surface area contributed by atoms with E-state index in [1.54, 1.807) is 18.2 Å². The molecule has 6 nitrogen and oxygen atoms in total. The third kappa shape index (κ3) is 5.74. The first-order valence-electron chi connectivity index (χ1n) is 10.4. The van der Waals surface area contributed by atoms with Crippen molar-refractivity contribution < 1.29 is 14.3 Å². The van der Waals surface area contributed by atoms with Crippen LogP contribution in [0.25, 0.3) is 0 Å². The number of anilines is 1. The molecule has 1 N–H and O–H groups in total. The highest BCUT2D eigenvalue weighted by atomic mass is 16.5. The minimum absolute atomic E-state index is 0.144. The van der Waals surface area contributed by atoms with E-state index in [2.05, 4.69) is 29.4 Å². The topological polar surface area (TPSA) is 74.6 Å². The van der Waals surface area contributed by atoms with Crippen molar-refractivity contribution in [2.24, 2.45) is 0 Å². The van der Waals surface area contributed by atoms with E-state index in [1.165, 1.54) is 39.2 Å². The van der Waals surface area contributed by atoms with E-state index < -0.39 is 0 Å². The van der Waals surface area contributed by atoms with Gasteiger partial charge in [-0.2, -0.15) is 5.26 Å². The SMILES string of the molecule is COc1cc(C#N)ccc1OCC(=O)Nc1ccccc1CN(C)C1CCCCC1. The van der Waals surface area contributed by atoms with Gasteiger partial charge in [0, 0.05) is 24.3 Å². The van der Waals surface area contributed by atoms with E-state index in [4.69, 9.17) is 14.7 Å². The average Bonchev–Trinajstić information content (AvgIpc) is 2.79. The summed E-state index contributed by atoms with van der Waals surface area (Å²) in [5, 5.41) is 12.0. The van der Waals surface area contributed by atoms with Crippen molar-refractivity contribution in [3.05, 3.63) is 53.6 Å². The third-order valence-electron chi connectivity index (χ3n) is 5.56. The van der Waals surface area contributed by atoms with Crippen molar-refractivity contribution in [1.82, 2.24) is 4.90 Å². The smallest absolute Gasteiger partial charge is 0.262 e. The molecule has 30 heavy (non-hydrogen) atoms. The summed E-state index contributed by atoms with van der Waals surface area (Å²) in [5.41, 5.74) is 2.37. The number of rotatable bonds is 8. The van der Waals surface area contributed by atoms with Gasteiger partial charge in [-0.05, 0) is 43.7 Å². The van der Waals surface area contributed by atoms with Gasteiger partial charge < -0.3 is 14.8 Å². The Bertz CT molecular complexity index is 901. The van der Waals surface area contributed by atoms with Crippen LogP contribution in [0.4, 0.5) is 5.69 Å². The molecule has 1 saturated carbocycles. The Labute approximate surface area is 178 Å². The largest absolute Gasteiger partial charge is 0.493 e. The summed E-state index contributed by atoms with van der Waals surface area (Å²) in [6.07, 6.45) is 6.41. The average molecular weight is 408 g/mol. The minimum atomic E-state index is -0.241. The third-order valence-corrected chi connectivity index (χ3v) is 5.56. The lowest BCUT2D eigenvalue weighted by atomic mass is 9.94. The number of amides is 1. The number of nitrogens with zero attached hydrogens (tertiary/aromatic N) is 2. The summed E-state index contributed by atoms with van der Waals surface area (Å²) < 4.78 is 10.9. The van der Waals surface area contributed by atoms with E-state index in [-0.39, 0.29) is 12.5 Å². The second-order valence-electron chi connectivity index (χ2n) is 7.68. The summed E-state index contributed by atoms with van der Waals surface area (Å²) in [7, 11) is 3.66. The van der Waals surface area contributed by atoms with Gasteiger partial charge in [-0.3, -0.25) is 9.69 Å². The molecule has 0 heterocycles. The monoisotopic (exact) mass is 407 g/mol. The van der Waals surface area contributed by atoms with Gasteiger partial charge in [0.25, 0.3) is 5.91 Å². The highest BCUT2D eigenvalue weighted by Gasteiger charge is 2.19. The predicted molar refractivity (Wildman–Crippen MR) is 117 cm³/mol. The van der Waals surface area contributed by atoms with E-state index in [0.717, 1.165) is 17.8 Å². The van der Waals surface area contributed by atoms with Crippen LogP contribution in [-0.2, 0) is 11.3 Å². The molecule has 0 atom stereocenters. The van der Waals surface area contributed by atoms with Gasteiger partial charge in [-0.25, -0.2) is 0 Å². The molecule has 1 amide bonds. The Hall–Kier alpha value is -3.04. The van der Waals surface area contributed by atoms with E-state index in [9.17, 15) is 4.79 Å². The number of carbonyl (C=O) groups is 1. The number of para-hydroxylation sites is 1. The molecule has 1 aliphatic carbocycles. The summed E-state index contributed by atoms with van der Waals surface area (Å²) in [5.74, 6) is 0.613. The van der Waals surface area contributed by atoms with Crippen LogP contribution in [0.5, 0.6) is 11.5 Å². The Morgan fingerprint density at radius 3 is 2.67 bits per heavy atom. The van der Waals surface area contributed by atoms with Crippen molar-refractivity contribution in [2.75, 3.05) is 26.1 Å². The standard InChI is InChI=1S/C24H29N3O3/c1-27(20-9-4-3-5-10-20)16-19-8-6-7-11-21(19)26-24(28)17-30-22-13-12-18(15-25)14-23(22)29-2/h6-8,11-14,20H,3-5,9-10,16-17H2,1-2H3,(H,26,28). The molecule has 0 bridgehead atoms. The van der Waals surface area contributed by atoms with E-state index in [0.29, 0.717) is 23.1 Å². The molecule has 158 valence electrons. The van der Waals surface area contributed by atoms with Gasteiger partial charge in [-0.1, -0.05) is 37.5 Å². The Kier molecular flexibility index (Phi) is 7.69. The second-order valence-corrected chi connectivity index (χ2v) is 7.68. The van der Waals surface area contributed by atoms with E-state index >= 15 is 0 Å². The van der Waals surface area contributed by atoms with Crippen molar-refractivity contribution in [1.29, 1.82) is 5.26 Å². The van der Waals surface area contributed by atoms with Crippen molar-refractivity contribution in [2.45, 2.75) is 44.7 Å². The number of nitrogens with one attached hydrogen (secondary N) is 1. The maximum absolute atomic E-state index is 12.5. The number of nitriles is 1. The Morgan fingerprint density at radius 1 is 1.17 bits per heavy atom. The van der Waals surface area contributed by atoms with Crippen molar-refractivity contribution >= 4 is 11.6 Å². The van der Waals surface area contributed by atoms with Gasteiger partial charge in [0.2, 0.25) is 0 Å². The van der Waals surface area contributed by atoms with Crippen LogP contribution in [0, 0.1) is 11.3 Å². The van der Waals surface area contributed by atoms with Gasteiger partial charge in [0.15, 0.2) is 18.1 Å². The van der Waals surface area contributed by atoms with Crippen LogP contribution in [0.15, 0.2) is 42.5 Å². The van der Waals surface area contributed by atoms with Crippen LogP contribution in [0.1, 0.15) is 43.2 Å². The van der Waals surface area contributed by atoms with Gasteiger partial charge in [-0.15, -0.1) is 0 Å². The summed E-state index contributed by atoms with van der Waals surface area (Å²) in [6, 6.07) is 15.4. The molecule has 0 spiro atoms. The summed E-state index contributed by atoms with van der Waals surface area (Å²) >= 11 is 0. The fourth-order valence-electron chi connectivity index (χ4n) is 3.89. The Balaban J connectivity index is 1.60. The van der Waals surface area contributed by atoms with Crippen LogP contribution < -0.4 is 14.8 Å². The first kappa shape index (κ1) is 21.7. The first-order chi connectivity index (χ1) is 14.6. The van der Waals surface area contributed by atoms with Gasteiger partial charge in [0.1, 0.15) is 0 Å². The fourth-order valence-corrected chi connectivity index (χ4v) is 3.89. The molecular formula is C24H29N3O3. The molecule has 0 aromatic heterocycles. The van der Waals surface area contributed by atoms with Crippen LogP contribution in [-0.4, -0.2) is 37.6 Å². The lowest BCUT2D eigenvalue weighted by Gasteiger charge is -2.31. The molecule has 3 rings (SSSR count). The minimum Gasteiger partial charge on any atom is -0.493 e. The molecule has 1 aliphatic rings. The molecule has 0 radical (unpaired) electrons. The summed E-state index contributed by atoms with van der Waals surface area (Å²) in [6.45, 7) is 0.653. The number of carbonyl (C=O) groups excluding carboxylic acids is 1. The fraction of sp³-hybridized carbons (Fsp3) is 0.417. The lowest BCUT2D eigenvalue weighted by Crippen LogP contribution is -2.33. The van der Waals surface area contributed by atoms with Crippen LogP contribution in [0.2, 0.25) is 0 Å². The van der Waals surface area contributed by atoms with Crippen molar-refractivity contribution in [3.63, 3.8) is 0 Å². The van der Waals surface area contributed by atoms with Crippen molar-refractivity contribution in [3.8, 4) is 17.6 Å². The lowest BCUT2D eigenvalue weighted by molar-refractivity contribution is -0.118. The second kappa shape index (κ2) is 10.7. The molecule has 1 fully saturated rings. The predicted octanol–water partition coefficient (Wildman–Crippen LogP) is 4.35. The molecule has 0 saturated heterocycles. The number of ether oxygens (including phenoxy) is 2.